The van der Waals surface area contributed by atoms with Crippen LogP contribution >= 0.6 is 0 Å². The molecule has 11 unspecified atom stereocenters. The number of fused-ring (bicyclic) bond motifs is 3. The zero-order valence-electron chi connectivity index (χ0n) is 22.2. The lowest BCUT2D eigenvalue weighted by molar-refractivity contribution is -0.285. The smallest absolute Gasteiger partial charge is 0.217 e. The highest BCUT2D eigenvalue weighted by molar-refractivity contribution is 5.73. The molecular formula is C28H45NO7. The molecule has 5 N–H and O–H groups in total. The van der Waals surface area contributed by atoms with Crippen molar-refractivity contribution in [2.24, 2.45) is 28.1 Å². The van der Waals surface area contributed by atoms with Crippen LogP contribution in [0.2, 0.25) is 0 Å². The normalized spacial score (nSPS) is 48.8. The summed E-state index contributed by atoms with van der Waals surface area (Å²) in [5, 5.41) is 44.5. The number of rotatable bonds is 6. The van der Waals surface area contributed by atoms with E-state index >= 15 is 0 Å². The fourth-order valence-electron chi connectivity index (χ4n) is 7.71. The SMILES string of the molecule is C=CC1(C)CCC2C(=CCC3C(C)(COC4OC(CO)C(O)C(O)C4NC(C)=O)C(O)CCC23C)C1. The Bertz CT molecular complexity index is 878. The van der Waals surface area contributed by atoms with Crippen molar-refractivity contribution in [1.82, 2.24) is 5.32 Å². The Labute approximate surface area is 214 Å². The van der Waals surface area contributed by atoms with Crippen LogP contribution in [0, 0.1) is 28.1 Å². The molecule has 36 heavy (non-hydrogen) atoms. The number of allylic oxidation sites excluding steroid dienone is 3. The summed E-state index contributed by atoms with van der Waals surface area (Å²) in [6.45, 7) is 11.8. The average Bonchev–Trinajstić information content (AvgIpc) is 2.84. The van der Waals surface area contributed by atoms with Gasteiger partial charge in [-0.3, -0.25) is 4.79 Å². The zero-order valence-corrected chi connectivity index (χ0v) is 22.2. The maximum Gasteiger partial charge on any atom is 0.217 e. The Kier molecular flexibility index (Phi) is 7.79. The van der Waals surface area contributed by atoms with E-state index in [0.29, 0.717) is 12.3 Å². The number of amides is 1. The number of hydrogen-bond acceptors (Lipinski definition) is 7. The van der Waals surface area contributed by atoms with Crippen LogP contribution in [-0.2, 0) is 14.3 Å². The molecule has 3 aliphatic carbocycles. The molecule has 204 valence electrons. The molecule has 0 radical (unpaired) electrons. The highest BCUT2D eigenvalue weighted by Gasteiger charge is 2.59. The summed E-state index contributed by atoms with van der Waals surface area (Å²) in [4.78, 5) is 11.8. The molecule has 2 saturated carbocycles. The zero-order chi connectivity index (χ0) is 26.5. The van der Waals surface area contributed by atoms with Crippen molar-refractivity contribution >= 4 is 5.91 Å². The fourth-order valence-corrected chi connectivity index (χ4v) is 7.71. The number of hydrogen-bond donors (Lipinski definition) is 5. The predicted molar refractivity (Wildman–Crippen MR) is 135 cm³/mol. The predicted octanol–water partition coefficient (Wildman–Crippen LogP) is 2.05. The van der Waals surface area contributed by atoms with Gasteiger partial charge in [0.25, 0.3) is 0 Å². The van der Waals surface area contributed by atoms with Crippen molar-refractivity contribution in [2.45, 2.75) is 103 Å². The van der Waals surface area contributed by atoms with Gasteiger partial charge < -0.3 is 35.2 Å². The summed E-state index contributed by atoms with van der Waals surface area (Å²) >= 11 is 0. The number of ether oxygens (including phenoxy) is 2. The summed E-state index contributed by atoms with van der Waals surface area (Å²) in [7, 11) is 0. The number of aliphatic hydroxyl groups excluding tert-OH is 4. The van der Waals surface area contributed by atoms with Crippen LogP contribution in [0.25, 0.3) is 0 Å². The van der Waals surface area contributed by atoms with E-state index in [-0.39, 0.29) is 23.4 Å². The van der Waals surface area contributed by atoms with Crippen LogP contribution in [0.3, 0.4) is 0 Å². The van der Waals surface area contributed by atoms with Gasteiger partial charge in [-0.2, -0.15) is 0 Å². The fraction of sp³-hybridized carbons (Fsp3) is 0.821. The van der Waals surface area contributed by atoms with Crippen LogP contribution in [-0.4, -0.2) is 76.3 Å². The van der Waals surface area contributed by atoms with E-state index in [1.807, 2.05) is 0 Å². The Morgan fingerprint density at radius 1 is 1.22 bits per heavy atom. The lowest BCUT2D eigenvalue weighted by Gasteiger charge is -2.61. The van der Waals surface area contributed by atoms with E-state index in [1.54, 1.807) is 0 Å². The van der Waals surface area contributed by atoms with Crippen molar-refractivity contribution in [3.05, 3.63) is 24.3 Å². The topological polar surface area (TPSA) is 128 Å². The quantitative estimate of drug-likeness (QED) is 0.348. The van der Waals surface area contributed by atoms with Gasteiger partial charge in [0.2, 0.25) is 5.91 Å². The number of aliphatic hydroxyl groups is 4. The number of carbonyl (C=O) groups is 1. The summed E-state index contributed by atoms with van der Waals surface area (Å²) in [5.41, 5.74) is 1.11. The standard InChI is InChI=1S/C28H45NO7/c1-6-26(3)11-9-18-17(13-26)7-8-20-27(18,4)12-10-21(32)28(20,5)15-35-25-22(29-16(2)31)24(34)23(33)19(14-30)36-25/h6-7,18-25,30,32-34H,1,8-15H2,2-5H3,(H,29,31). The molecule has 11 atom stereocenters. The van der Waals surface area contributed by atoms with Crippen LogP contribution in [0.4, 0.5) is 0 Å². The molecule has 8 heteroatoms. The van der Waals surface area contributed by atoms with Gasteiger partial charge in [-0.15, -0.1) is 6.58 Å². The summed E-state index contributed by atoms with van der Waals surface area (Å²) in [6.07, 6.45) is 4.81. The molecule has 0 aromatic rings. The minimum Gasteiger partial charge on any atom is -0.394 e. The van der Waals surface area contributed by atoms with Crippen LogP contribution in [0.1, 0.15) is 66.2 Å². The van der Waals surface area contributed by atoms with Gasteiger partial charge in [0.1, 0.15) is 24.4 Å². The van der Waals surface area contributed by atoms with Crippen molar-refractivity contribution in [3.8, 4) is 0 Å². The van der Waals surface area contributed by atoms with Gasteiger partial charge in [0.15, 0.2) is 6.29 Å². The van der Waals surface area contributed by atoms with Gasteiger partial charge in [-0.05, 0) is 61.2 Å². The molecule has 8 nitrogen and oxygen atoms in total. The maximum atomic E-state index is 11.8. The largest absolute Gasteiger partial charge is 0.394 e. The molecule has 1 aliphatic heterocycles. The minimum atomic E-state index is -1.36. The highest BCUT2D eigenvalue weighted by atomic mass is 16.7. The molecule has 1 amide bonds. The van der Waals surface area contributed by atoms with Gasteiger partial charge in [-0.1, -0.05) is 38.5 Å². The Morgan fingerprint density at radius 3 is 2.58 bits per heavy atom. The first-order chi connectivity index (χ1) is 16.9. The second-order valence-corrected chi connectivity index (χ2v) is 12.5. The Hall–Kier alpha value is -1.29. The number of nitrogens with one attached hydrogen (secondary N) is 1. The summed E-state index contributed by atoms with van der Waals surface area (Å²) in [6, 6.07) is -0.996. The maximum absolute atomic E-state index is 11.8. The summed E-state index contributed by atoms with van der Waals surface area (Å²) in [5.74, 6) is 0.253. The Balaban J connectivity index is 1.57. The molecule has 4 aliphatic rings. The van der Waals surface area contributed by atoms with Crippen LogP contribution in [0.5, 0.6) is 0 Å². The van der Waals surface area contributed by atoms with E-state index in [0.717, 1.165) is 32.1 Å². The van der Waals surface area contributed by atoms with Gasteiger partial charge in [-0.25, -0.2) is 0 Å². The molecule has 0 aromatic heterocycles. The average molecular weight is 508 g/mol. The van der Waals surface area contributed by atoms with Crippen molar-refractivity contribution in [1.29, 1.82) is 0 Å². The first-order valence-corrected chi connectivity index (χ1v) is 13.4. The van der Waals surface area contributed by atoms with Gasteiger partial charge >= 0.3 is 0 Å². The monoisotopic (exact) mass is 507 g/mol. The summed E-state index contributed by atoms with van der Waals surface area (Å²) < 4.78 is 12.0. The molecule has 4 rings (SSSR count). The van der Waals surface area contributed by atoms with Gasteiger partial charge in [0.05, 0.1) is 19.3 Å². The van der Waals surface area contributed by atoms with E-state index in [9.17, 15) is 25.2 Å². The molecule has 0 aromatic carbocycles. The lowest BCUT2D eigenvalue weighted by Crippen LogP contribution is -2.65. The second-order valence-electron chi connectivity index (χ2n) is 12.5. The molecule has 0 bridgehead atoms. The van der Waals surface area contributed by atoms with Crippen LogP contribution < -0.4 is 5.32 Å². The Morgan fingerprint density at radius 2 is 1.94 bits per heavy atom. The van der Waals surface area contributed by atoms with Crippen LogP contribution in [0.15, 0.2) is 24.3 Å². The molecular weight excluding hydrogens is 462 g/mol. The first-order valence-electron chi connectivity index (χ1n) is 13.4. The van der Waals surface area contributed by atoms with Crippen molar-refractivity contribution < 1.29 is 34.7 Å². The third kappa shape index (κ3) is 4.69. The minimum absolute atomic E-state index is 0.0255. The van der Waals surface area contributed by atoms with Crippen molar-refractivity contribution in [3.63, 3.8) is 0 Å². The third-order valence-corrected chi connectivity index (χ3v) is 10.1. The van der Waals surface area contributed by atoms with E-state index in [2.05, 4.69) is 44.8 Å². The highest BCUT2D eigenvalue weighted by Crippen LogP contribution is 2.63. The third-order valence-electron chi connectivity index (χ3n) is 10.1. The lowest BCUT2D eigenvalue weighted by atomic mass is 9.45. The molecule has 1 heterocycles. The molecule has 1 saturated heterocycles. The molecule has 3 fully saturated rings. The molecule has 0 spiro atoms. The first kappa shape index (κ1) is 27.7. The second kappa shape index (κ2) is 10.1. The van der Waals surface area contributed by atoms with Gasteiger partial charge in [0, 0.05) is 12.3 Å². The van der Waals surface area contributed by atoms with E-state index in [1.165, 1.54) is 12.5 Å². The van der Waals surface area contributed by atoms with E-state index in [4.69, 9.17) is 9.47 Å². The van der Waals surface area contributed by atoms with E-state index < -0.39 is 54.7 Å². The number of carbonyl (C=O) groups excluding carboxylic acids is 1. The van der Waals surface area contributed by atoms with Crippen molar-refractivity contribution in [2.75, 3.05) is 13.2 Å².